The predicted octanol–water partition coefficient (Wildman–Crippen LogP) is 6.27. The molecule has 0 aromatic heterocycles. The van der Waals surface area contributed by atoms with Crippen LogP contribution >= 0.6 is 0 Å². The standard InChI is InChI=1S/C21H26/c1-3-18-15-21(18)20-12-8-7-11-19(20)14-16(2)13-17-9-5-4-6-10-17/h5,7-12,14,18,21H,3-4,6,13,15H2,1-2H3. The molecule has 0 spiro atoms. The van der Waals surface area contributed by atoms with Gasteiger partial charge in [0.15, 0.2) is 0 Å². The number of rotatable bonds is 5. The van der Waals surface area contributed by atoms with Crippen molar-refractivity contribution in [3.05, 3.63) is 64.8 Å². The van der Waals surface area contributed by atoms with E-state index in [4.69, 9.17) is 0 Å². The van der Waals surface area contributed by atoms with Gasteiger partial charge in [0.25, 0.3) is 0 Å². The molecule has 21 heavy (non-hydrogen) atoms. The predicted molar refractivity (Wildman–Crippen MR) is 92.3 cm³/mol. The molecule has 1 aromatic rings. The Kier molecular flexibility index (Phi) is 4.43. The smallest absolute Gasteiger partial charge is 0.00698 e. The highest BCUT2D eigenvalue weighted by molar-refractivity contribution is 5.59. The van der Waals surface area contributed by atoms with Crippen LogP contribution in [0.15, 0.2) is 53.6 Å². The van der Waals surface area contributed by atoms with Crippen LogP contribution in [0.5, 0.6) is 0 Å². The lowest BCUT2D eigenvalue weighted by Crippen LogP contribution is -1.90. The highest BCUT2D eigenvalue weighted by Gasteiger charge is 2.37. The van der Waals surface area contributed by atoms with E-state index in [2.05, 4.69) is 62.4 Å². The fourth-order valence-corrected chi connectivity index (χ4v) is 3.50. The minimum Gasteiger partial charge on any atom is -0.0840 e. The van der Waals surface area contributed by atoms with Gasteiger partial charge in [-0.15, -0.1) is 0 Å². The first-order valence-corrected chi connectivity index (χ1v) is 8.39. The number of hydrogen-bond acceptors (Lipinski definition) is 0. The molecular formula is C21H26. The van der Waals surface area contributed by atoms with Crippen molar-refractivity contribution in [2.24, 2.45) is 5.92 Å². The van der Waals surface area contributed by atoms with Crippen molar-refractivity contribution in [2.45, 2.75) is 51.9 Å². The molecule has 1 aromatic carbocycles. The Morgan fingerprint density at radius 2 is 2.10 bits per heavy atom. The van der Waals surface area contributed by atoms with E-state index in [0.29, 0.717) is 0 Å². The molecule has 0 saturated heterocycles. The van der Waals surface area contributed by atoms with Crippen LogP contribution in [0.4, 0.5) is 0 Å². The second-order valence-corrected chi connectivity index (χ2v) is 6.57. The quantitative estimate of drug-likeness (QED) is 0.595. The SMILES string of the molecule is CCC1CC1c1ccccc1C=C(C)CC1=CCCC=C1. The first-order valence-electron chi connectivity index (χ1n) is 8.39. The summed E-state index contributed by atoms with van der Waals surface area (Å²) in [5.41, 5.74) is 5.95. The highest BCUT2D eigenvalue weighted by atomic mass is 14.4. The number of hydrogen-bond donors (Lipinski definition) is 0. The van der Waals surface area contributed by atoms with Crippen LogP contribution in [0, 0.1) is 5.92 Å². The third kappa shape index (κ3) is 3.56. The van der Waals surface area contributed by atoms with Gasteiger partial charge >= 0.3 is 0 Å². The molecule has 1 saturated carbocycles. The summed E-state index contributed by atoms with van der Waals surface area (Å²) in [5.74, 6) is 1.73. The van der Waals surface area contributed by atoms with Gasteiger partial charge in [0, 0.05) is 0 Å². The molecule has 2 atom stereocenters. The molecule has 2 aliphatic rings. The van der Waals surface area contributed by atoms with E-state index in [-0.39, 0.29) is 0 Å². The van der Waals surface area contributed by atoms with Crippen molar-refractivity contribution in [2.75, 3.05) is 0 Å². The average molecular weight is 278 g/mol. The number of allylic oxidation sites excluding steroid dienone is 5. The molecule has 0 aliphatic heterocycles. The fourth-order valence-electron chi connectivity index (χ4n) is 3.50. The van der Waals surface area contributed by atoms with Crippen LogP contribution in [0.2, 0.25) is 0 Å². The minimum atomic E-state index is 0.809. The largest absolute Gasteiger partial charge is 0.0840 e. The van der Waals surface area contributed by atoms with Gasteiger partial charge in [-0.3, -0.25) is 0 Å². The summed E-state index contributed by atoms with van der Waals surface area (Å²) < 4.78 is 0. The second-order valence-electron chi connectivity index (χ2n) is 6.57. The summed E-state index contributed by atoms with van der Waals surface area (Å²) in [6, 6.07) is 8.99. The Morgan fingerprint density at radius 3 is 2.81 bits per heavy atom. The molecule has 3 rings (SSSR count). The molecule has 0 heteroatoms. The lowest BCUT2D eigenvalue weighted by molar-refractivity contribution is 0.765. The lowest BCUT2D eigenvalue weighted by Gasteiger charge is -2.10. The summed E-state index contributed by atoms with van der Waals surface area (Å²) in [5, 5.41) is 0. The van der Waals surface area contributed by atoms with E-state index >= 15 is 0 Å². The van der Waals surface area contributed by atoms with E-state index in [1.165, 1.54) is 42.4 Å². The molecule has 2 unspecified atom stereocenters. The number of benzene rings is 1. The van der Waals surface area contributed by atoms with E-state index < -0.39 is 0 Å². The Labute approximate surface area is 129 Å². The maximum Gasteiger partial charge on any atom is -0.00698 e. The summed E-state index contributed by atoms with van der Waals surface area (Å²) in [6.45, 7) is 4.58. The highest BCUT2D eigenvalue weighted by Crippen LogP contribution is 2.50. The minimum absolute atomic E-state index is 0.809. The van der Waals surface area contributed by atoms with Gasteiger partial charge in [-0.2, -0.15) is 0 Å². The van der Waals surface area contributed by atoms with Crippen molar-refractivity contribution in [1.82, 2.24) is 0 Å². The van der Waals surface area contributed by atoms with E-state index in [9.17, 15) is 0 Å². The van der Waals surface area contributed by atoms with Gasteiger partial charge in [-0.1, -0.05) is 67.5 Å². The molecule has 2 aliphatic carbocycles. The average Bonchev–Trinajstić information content (AvgIpc) is 3.28. The molecule has 0 bridgehead atoms. The monoisotopic (exact) mass is 278 g/mol. The summed E-state index contributed by atoms with van der Waals surface area (Å²) >= 11 is 0. The zero-order valence-corrected chi connectivity index (χ0v) is 13.3. The molecule has 0 heterocycles. The van der Waals surface area contributed by atoms with Crippen molar-refractivity contribution in [1.29, 1.82) is 0 Å². The molecule has 1 fully saturated rings. The van der Waals surface area contributed by atoms with Crippen molar-refractivity contribution < 1.29 is 0 Å². The molecule has 0 N–H and O–H groups in total. The van der Waals surface area contributed by atoms with Crippen molar-refractivity contribution in [3.63, 3.8) is 0 Å². The van der Waals surface area contributed by atoms with Gasteiger partial charge in [0.2, 0.25) is 0 Å². The van der Waals surface area contributed by atoms with Crippen LogP contribution < -0.4 is 0 Å². The fraction of sp³-hybridized carbons (Fsp3) is 0.429. The normalized spacial score (nSPS) is 24.9. The maximum atomic E-state index is 2.41. The van der Waals surface area contributed by atoms with Gasteiger partial charge in [-0.25, -0.2) is 0 Å². The third-order valence-electron chi connectivity index (χ3n) is 4.80. The maximum absolute atomic E-state index is 2.41. The lowest BCUT2D eigenvalue weighted by atomic mass is 9.96. The van der Waals surface area contributed by atoms with E-state index in [1.807, 2.05) is 0 Å². The second kappa shape index (κ2) is 6.47. The Bertz CT molecular complexity index is 586. The van der Waals surface area contributed by atoms with Gasteiger partial charge in [0.1, 0.15) is 0 Å². The zero-order valence-electron chi connectivity index (χ0n) is 13.3. The van der Waals surface area contributed by atoms with Gasteiger partial charge in [-0.05, 0) is 61.1 Å². The first-order chi connectivity index (χ1) is 10.3. The van der Waals surface area contributed by atoms with Crippen molar-refractivity contribution >= 4 is 6.08 Å². The molecule has 110 valence electrons. The van der Waals surface area contributed by atoms with Gasteiger partial charge in [0.05, 0.1) is 0 Å². The van der Waals surface area contributed by atoms with Crippen LogP contribution in [0.3, 0.4) is 0 Å². The van der Waals surface area contributed by atoms with Gasteiger partial charge < -0.3 is 0 Å². The summed E-state index contributed by atoms with van der Waals surface area (Å²) in [4.78, 5) is 0. The molecule has 0 radical (unpaired) electrons. The van der Waals surface area contributed by atoms with Crippen LogP contribution in [0.25, 0.3) is 6.08 Å². The zero-order chi connectivity index (χ0) is 14.7. The molecule has 0 amide bonds. The summed E-state index contributed by atoms with van der Waals surface area (Å²) in [7, 11) is 0. The van der Waals surface area contributed by atoms with Crippen LogP contribution in [-0.4, -0.2) is 0 Å². The Morgan fingerprint density at radius 1 is 1.24 bits per heavy atom. The molecule has 0 nitrogen and oxygen atoms in total. The van der Waals surface area contributed by atoms with E-state index in [0.717, 1.165) is 18.3 Å². The first kappa shape index (κ1) is 14.4. The summed E-state index contributed by atoms with van der Waals surface area (Å²) in [6.07, 6.45) is 15.6. The Balaban J connectivity index is 1.76. The van der Waals surface area contributed by atoms with E-state index in [1.54, 1.807) is 5.56 Å². The van der Waals surface area contributed by atoms with Crippen LogP contribution in [-0.2, 0) is 0 Å². The third-order valence-corrected chi connectivity index (χ3v) is 4.80. The Hall–Kier alpha value is -1.56. The van der Waals surface area contributed by atoms with Crippen LogP contribution in [0.1, 0.15) is 63.0 Å². The topological polar surface area (TPSA) is 0 Å². The molecular weight excluding hydrogens is 252 g/mol. The van der Waals surface area contributed by atoms with Crippen molar-refractivity contribution in [3.8, 4) is 0 Å².